The highest BCUT2D eigenvalue weighted by atomic mass is 32.2. The summed E-state index contributed by atoms with van der Waals surface area (Å²) >= 11 is 0. The second kappa shape index (κ2) is 5.74. The van der Waals surface area contributed by atoms with Crippen molar-refractivity contribution in [1.82, 2.24) is 4.72 Å². The van der Waals surface area contributed by atoms with Crippen LogP contribution in [0.15, 0.2) is 41.3 Å². The first-order chi connectivity index (χ1) is 9.81. The molecule has 112 valence electrons. The van der Waals surface area contributed by atoms with E-state index >= 15 is 0 Å². The molecule has 0 unspecified atom stereocenters. The van der Waals surface area contributed by atoms with Gasteiger partial charge in [-0.3, -0.25) is 0 Å². The highest BCUT2D eigenvalue weighted by Crippen LogP contribution is 2.21. The van der Waals surface area contributed by atoms with Gasteiger partial charge in [0, 0.05) is 17.8 Å². The zero-order valence-corrected chi connectivity index (χ0v) is 11.4. The van der Waals surface area contributed by atoms with Crippen LogP contribution in [-0.2, 0) is 16.6 Å². The van der Waals surface area contributed by atoms with Gasteiger partial charge < -0.3 is 5.73 Å². The second-order valence-corrected chi connectivity index (χ2v) is 5.97. The monoisotopic (exact) mass is 316 g/mol. The Bertz CT molecular complexity index is 779. The summed E-state index contributed by atoms with van der Waals surface area (Å²) in [6, 6.07) is 6.96. The number of nitrogens with one attached hydrogen (secondary N) is 1. The normalized spacial score (nSPS) is 11.6. The van der Waals surface area contributed by atoms with Crippen molar-refractivity contribution >= 4 is 15.7 Å². The molecule has 0 saturated carbocycles. The number of hydrogen-bond acceptors (Lipinski definition) is 3. The molecular weight excluding hydrogens is 305 g/mol. The van der Waals surface area contributed by atoms with Gasteiger partial charge in [-0.1, -0.05) is 18.2 Å². The summed E-state index contributed by atoms with van der Waals surface area (Å²) in [6.07, 6.45) is 0. The Labute approximate surface area is 119 Å². The summed E-state index contributed by atoms with van der Waals surface area (Å²) < 4.78 is 66.0. The molecule has 3 N–H and O–H groups in total. The number of benzene rings is 2. The number of hydrogen-bond donors (Lipinski definition) is 2. The van der Waals surface area contributed by atoms with Crippen molar-refractivity contribution in [2.45, 2.75) is 11.4 Å². The first-order valence-corrected chi connectivity index (χ1v) is 7.27. The first kappa shape index (κ1) is 15.3. The molecule has 21 heavy (non-hydrogen) atoms. The van der Waals surface area contributed by atoms with Crippen LogP contribution >= 0.6 is 0 Å². The third-order valence-corrected chi connectivity index (χ3v) is 4.12. The third kappa shape index (κ3) is 3.34. The molecule has 2 rings (SSSR count). The molecule has 2 aromatic rings. The van der Waals surface area contributed by atoms with Crippen LogP contribution in [0.2, 0.25) is 0 Å². The maximum absolute atomic E-state index is 13.6. The van der Waals surface area contributed by atoms with Gasteiger partial charge in [-0.05, 0) is 18.2 Å². The fourth-order valence-corrected chi connectivity index (χ4v) is 2.80. The maximum Gasteiger partial charge on any atom is 0.243 e. The maximum atomic E-state index is 13.6. The molecule has 0 heterocycles. The molecule has 4 nitrogen and oxygen atoms in total. The van der Waals surface area contributed by atoms with Gasteiger partial charge in [-0.2, -0.15) is 0 Å². The third-order valence-electron chi connectivity index (χ3n) is 2.72. The SMILES string of the molecule is Nc1cc(F)c(F)c(S(=O)(=O)NCc2ccccc2F)c1. The van der Waals surface area contributed by atoms with E-state index in [2.05, 4.69) is 0 Å². The number of halogens is 3. The number of nitrogen functional groups attached to an aromatic ring is 1. The summed E-state index contributed by atoms with van der Waals surface area (Å²) in [7, 11) is -4.36. The van der Waals surface area contributed by atoms with Crippen molar-refractivity contribution in [3.05, 3.63) is 59.4 Å². The molecule has 0 aromatic heterocycles. The lowest BCUT2D eigenvalue weighted by atomic mass is 10.2. The Morgan fingerprint density at radius 1 is 1.05 bits per heavy atom. The summed E-state index contributed by atoms with van der Waals surface area (Å²) in [5.41, 5.74) is 5.14. The van der Waals surface area contributed by atoms with Gasteiger partial charge in [0.05, 0.1) is 0 Å². The van der Waals surface area contributed by atoms with Crippen molar-refractivity contribution in [3.8, 4) is 0 Å². The predicted molar refractivity (Wildman–Crippen MR) is 71.2 cm³/mol. The molecule has 0 radical (unpaired) electrons. The van der Waals surface area contributed by atoms with Gasteiger partial charge in [0.15, 0.2) is 11.6 Å². The standard InChI is InChI=1S/C13H11F3N2O2S/c14-10-4-2-1-3-8(10)7-18-21(19,20)12-6-9(17)5-11(15)13(12)16/h1-6,18H,7,17H2. The fourth-order valence-electron chi connectivity index (χ4n) is 1.67. The average molecular weight is 316 g/mol. The van der Waals surface area contributed by atoms with E-state index in [0.29, 0.717) is 6.07 Å². The molecule has 0 amide bonds. The fraction of sp³-hybridized carbons (Fsp3) is 0.0769. The van der Waals surface area contributed by atoms with E-state index in [1.807, 2.05) is 4.72 Å². The number of sulfonamides is 1. The Kier molecular flexibility index (Phi) is 4.19. The van der Waals surface area contributed by atoms with Crippen LogP contribution in [0.4, 0.5) is 18.9 Å². The topological polar surface area (TPSA) is 72.2 Å². The predicted octanol–water partition coefficient (Wildman–Crippen LogP) is 2.16. The quantitative estimate of drug-likeness (QED) is 0.849. The Hall–Kier alpha value is -2.06. The van der Waals surface area contributed by atoms with Crippen molar-refractivity contribution in [2.24, 2.45) is 0 Å². The highest BCUT2D eigenvalue weighted by Gasteiger charge is 2.22. The minimum absolute atomic E-state index is 0.0749. The van der Waals surface area contributed by atoms with Crippen LogP contribution in [0.25, 0.3) is 0 Å². The number of nitrogens with two attached hydrogens (primary N) is 1. The molecule has 0 atom stereocenters. The van der Waals surface area contributed by atoms with E-state index in [1.165, 1.54) is 18.2 Å². The highest BCUT2D eigenvalue weighted by molar-refractivity contribution is 7.89. The van der Waals surface area contributed by atoms with Gasteiger partial charge in [0.2, 0.25) is 10.0 Å². The van der Waals surface area contributed by atoms with Gasteiger partial charge in [-0.15, -0.1) is 0 Å². The van der Waals surface area contributed by atoms with Crippen LogP contribution in [-0.4, -0.2) is 8.42 Å². The van der Waals surface area contributed by atoms with Crippen molar-refractivity contribution in [2.75, 3.05) is 5.73 Å². The molecule has 2 aromatic carbocycles. The van der Waals surface area contributed by atoms with E-state index in [9.17, 15) is 21.6 Å². The van der Waals surface area contributed by atoms with Crippen LogP contribution < -0.4 is 10.5 Å². The van der Waals surface area contributed by atoms with E-state index in [-0.39, 0.29) is 11.3 Å². The smallest absolute Gasteiger partial charge is 0.243 e. The van der Waals surface area contributed by atoms with E-state index in [0.717, 1.165) is 12.1 Å². The lowest BCUT2D eigenvalue weighted by Crippen LogP contribution is -2.25. The molecule has 0 fully saturated rings. The van der Waals surface area contributed by atoms with Crippen molar-refractivity contribution in [3.63, 3.8) is 0 Å². The van der Waals surface area contributed by atoms with Gasteiger partial charge in [-0.25, -0.2) is 26.3 Å². The summed E-state index contributed by atoms with van der Waals surface area (Å²) in [4.78, 5) is -0.920. The number of anilines is 1. The molecule has 0 bridgehead atoms. The molecule has 0 aliphatic rings. The van der Waals surface area contributed by atoms with Gasteiger partial charge >= 0.3 is 0 Å². The summed E-state index contributed by atoms with van der Waals surface area (Å²) in [6.45, 7) is -0.398. The Balaban J connectivity index is 2.30. The van der Waals surface area contributed by atoms with E-state index in [4.69, 9.17) is 5.73 Å². The lowest BCUT2D eigenvalue weighted by molar-refractivity contribution is 0.483. The summed E-state index contributed by atoms with van der Waals surface area (Å²) in [5.74, 6) is -3.52. The second-order valence-electron chi connectivity index (χ2n) is 4.23. The molecule has 0 aliphatic heterocycles. The largest absolute Gasteiger partial charge is 0.399 e. The van der Waals surface area contributed by atoms with Gasteiger partial charge in [0.1, 0.15) is 10.7 Å². The van der Waals surface area contributed by atoms with Crippen LogP contribution in [0.5, 0.6) is 0 Å². The van der Waals surface area contributed by atoms with Crippen molar-refractivity contribution in [1.29, 1.82) is 0 Å². The zero-order chi connectivity index (χ0) is 15.6. The average Bonchev–Trinajstić information content (AvgIpc) is 2.42. The number of rotatable bonds is 4. The minimum atomic E-state index is -4.36. The van der Waals surface area contributed by atoms with Crippen molar-refractivity contribution < 1.29 is 21.6 Å². The van der Waals surface area contributed by atoms with Crippen LogP contribution in [0.1, 0.15) is 5.56 Å². The Morgan fingerprint density at radius 3 is 2.38 bits per heavy atom. The molecule has 0 aliphatic carbocycles. The zero-order valence-electron chi connectivity index (χ0n) is 10.6. The van der Waals surface area contributed by atoms with Gasteiger partial charge in [0.25, 0.3) is 0 Å². The van der Waals surface area contributed by atoms with Crippen LogP contribution in [0.3, 0.4) is 0 Å². The molecular formula is C13H11F3N2O2S. The first-order valence-electron chi connectivity index (χ1n) is 5.79. The van der Waals surface area contributed by atoms with E-state index in [1.54, 1.807) is 0 Å². The molecule has 8 heteroatoms. The molecule has 0 spiro atoms. The van der Waals surface area contributed by atoms with E-state index < -0.39 is 38.9 Å². The molecule has 0 saturated heterocycles. The lowest BCUT2D eigenvalue weighted by Gasteiger charge is -2.09. The van der Waals surface area contributed by atoms with Crippen LogP contribution in [0, 0.1) is 17.5 Å². The summed E-state index contributed by atoms with van der Waals surface area (Å²) in [5, 5.41) is 0. The Morgan fingerprint density at radius 2 is 1.71 bits per heavy atom. The minimum Gasteiger partial charge on any atom is -0.399 e.